The second-order valence-electron chi connectivity index (χ2n) is 6.31. The van der Waals surface area contributed by atoms with Gasteiger partial charge in [0.1, 0.15) is 0 Å². The zero-order valence-electron chi connectivity index (χ0n) is 13.2. The zero-order chi connectivity index (χ0) is 15.5. The van der Waals surface area contributed by atoms with Crippen molar-refractivity contribution in [1.82, 2.24) is 0 Å². The number of hydrogen-bond acceptors (Lipinski definition) is 3. The zero-order valence-corrected chi connectivity index (χ0v) is 14.0. The van der Waals surface area contributed by atoms with E-state index in [4.69, 9.17) is 5.73 Å². The molecule has 1 saturated heterocycles. The second kappa shape index (κ2) is 7.79. The quantitative estimate of drug-likeness (QED) is 0.890. The lowest BCUT2D eigenvalue weighted by Crippen LogP contribution is -2.35. The minimum atomic E-state index is 0. The van der Waals surface area contributed by atoms with E-state index >= 15 is 0 Å². The van der Waals surface area contributed by atoms with Gasteiger partial charge in [0.2, 0.25) is 11.8 Å². The normalized spacial score (nSPS) is 24.2. The Kier molecular flexibility index (Phi) is 6.02. The summed E-state index contributed by atoms with van der Waals surface area (Å²) in [6.45, 7) is 0.758. The van der Waals surface area contributed by atoms with Gasteiger partial charge in [-0.3, -0.25) is 9.59 Å². The first kappa shape index (κ1) is 17.8. The average Bonchev–Trinajstić information content (AvgIpc) is 2.95. The third-order valence-corrected chi connectivity index (χ3v) is 4.59. The number of carbonyl (C=O) groups is 2. The first-order chi connectivity index (χ1) is 10.6. The van der Waals surface area contributed by atoms with Gasteiger partial charge in [-0.15, -0.1) is 12.4 Å². The van der Waals surface area contributed by atoms with Gasteiger partial charge in [0.15, 0.2) is 0 Å². The molecule has 23 heavy (non-hydrogen) atoms. The summed E-state index contributed by atoms with van der Waals surface area (Å²) < 4.78 is 0. The Labute approximate surface area is 143 Å². The van der Waals surface area contributed by atoms with Crippen molar-refractivity contribution >= 4 is 35.6 Å². The average molecular weight is 338 g/mol. The van der Waals surface area contributed by atoms with Crippen LogP contribution in [0.3, 0.4) is 0 Å². The molecular formula is C17H24ClN3O2. The van der Waals surface area contributed by atoms with Crippen molar-refractivity contribution in [3.05, 3.63) is 24.3 Å². The number of halogens is 1. The third-order valence-electron chi connectivity index (χ3n) is 4.59. The van der Waals surface area contributed by atoms with Crippen molar-refractivity contribution in [1.29, 1.82) is 0 Å². The van der Waals surface area contributed by atoms with Gasteiger partial charge in [-0.2, -0.15) is 0 Å². The van der Waals surface area contributed by atoms with Gasteiger partial charge in [0, 0.05) is 36.3 Å². The number of rotatable bonds is 3. The molecule has 126 valence electrons. The van der Waals surface area contributed by atoms with Gasteiger partial charge >= 0.3 is 0 Å². The molecule has 1 aliphatic carbocycles. The maximum Gasteiger partial charge on any atom is 0.227 e. The predicted octanol–water partition coefficient (Wildman–Crippen LogP) is 2.69. The molecule has 5 nitrogen and oxygen atoms in total. The lowest BCUT2D eigenvalue weighted by Gasteiger charge is -2.27. The van der Waals surface area contributed by atoms with Crippen LogP contribution in [0, 0.1) is 5.92 Å². The van der Waals surface area contributed by atoms with Crippen LogP contribution in [0.5, 0.6) is 0 Å². The maximum atomic E-state index is 12.3. The van der Waals surface area contributed by atoms with Gasteiger partial charge in [-0.1, -0.05) is 6.07 Å². The standard InChI is InChI=1S/C17H23N3O2.ClH/c18-13-8-7-12(10-13)17(22)19-14-4-3-5-15(11-14)20-9-2-1-6-16(20)21;/h3-5,11-13H,1-2,6-10,18H2,(H,19,22);1H. The number of nitrogens with two attached hydrogens (primary N) is 1. The molecule has 2 amide bonds. The number of nitrogens with one attached hydrogen (secondary N) is 1. The maximum absolute atomic E-state index is 12.3. The summed E-state index contributed by atoms with van der Waals surface area (Å²) in [6.07, 6.45) is 5.14. The van der Waals surface area contributed by atoms with Crippen LogP contribution in [-0.4, -0.2) is 24.4 Å². The van der Waals surface area contributed by atoms with Crippen molar-refractivity contribution in [2.75, 3.05) is 16.8 Å². The number of benzene rings is 1. The topological polar surface area (TPSA) is 75.4 Å². The fourth-order valence-corrected chi connectivity index (χ4v) is 3.33. The molecule has 1 saturated carbocycles. The molecule has 0 radical (unpaired) electrons. The first-order valence-corrected chi connectivity index (χ1v) is 8.10. The molecular weight excluding hydrogens is 314 g/mol. The smallest absolute Gasteiger partial charge is 0.227 e. The molecule has 1 aromatic rings. The lowest BCUT2D eigenvalue weighted by atomic mass is 10.1. The number of amides is 2. The van der Waals surface area contributed by atoms with Crippen molar-refractivity contribution in [3.8, 4) is 0 Å². The van der Waals surface area contributed by atoms with Gasteiger partial charge < -0.3 is 16.0 Å². The summed E-state index contributed by atoms with van der Waals surface area (Å²) in [7, 11) is 0. The molecule has 1 aromatic carbocycles. The van der Waals surface area contributed by atoms with Crippen LogP contribution in [0.25, 0.3) is 0 Å². The number of hydrogen-bond donors (Lipinski definition) is 2. The van der Waals surface area contributed by atoms with Crippen LogP contribution >= 0.6 is 12.4 Å². The first-order valence-electron chi connectivity index (χ1n) is 8.10. The Bertz CT molecular complexity index is 579. The van der Waals surface area contributed by atoms with Crippen LogP contribution in [0.4, 0.5) is 11.4 Å². The van der Waals surface area contributed by atoms with Crippen LogP contribution < -0.4 is 16.0 Å². The van der Waals surface area contributed by atoms with E-state index < -0.39 is 0 Å². The minimum Gasteiger partial charge on any atom is -0.328 e. The van der Waals surface area contributed by atoms with E-state index in [1.165, 1.54) is 0 Å². The number of carbonyl (C=O) groups excluding carboxylic acids is 2. The molecule has 0 bridgehead atoms. The van der Waals surface area contributed by atoms with Gasteiger partial charge in [-0.25, -0.2) is 0 Å². The highest BCUT2D eigenvalue weighted by atomic mass is 35.5. The Morgan fingerprint density at radius 3 is 2.78 bits per heavy atom. The fraction of sp³-hybridized carbons (Fsp3) is 0.529. The molecule has 1 heterocycles. The highest BCUT2D eigenvalue weighted by molar-refractivity contribution is 5.96. The van der Waals surface area contributed by atoms with E-state index in [2.05, 4.69) is 5.32 Å². The second-order valence-corrected chi connectivity index (χ2v) is 6.31. The Hall–Kier alpha value is -1.59. The largest absolute Gasteiger partial charge is 0.328 e. The van der Waals surface area contributed by atoms with Crippen LogP contribution in [0.1, 0.15) is 38.5 Å². The predicted molar refractivity (Wildman–Crippen MR) is 93.8 cm³/mol. The van der Waals surface area contributed by atoms with Crippen molar-refractivity contribution in [2.24, 2.45) is 11.7 Å². The third kappa shape index (κ3) is 4.24. The highest BCUT2D eigenvalue weighted by Gasteiger charge is 2.28. The molecule has 1 aliphatic heterocycles. The molecule has 0 spiro atoms. The van der Waals surface area contributed by atoms with Crippen molar-refractivity contribution in [3.63, 3.8) is 0 Å². The molecule has 0 aromatic heterocycles. The molecule has 6 heteroatoms. The van der Waals surface area contributed by atoms with Gasteiger partial charge in [0.25, 0.3) is 0 Å². The van der Waals surface area contributed by atoms with E-state index in [0.717, 1.165) is 50.0 Å². The molecule has 2 fully saturated rings. The minimum absolute atomic E-state index is 0. The van der Waals surface area contributed by atoms with Gasteiger partial charge in [0.05, 0.1) is 0 Å². The Balaban J connectivity index is 0.00000192. The van der Waals surface area contributed by atoms with E-state index in [9.17, 15) is 9.59 Å². The van der Waals surface area contributed by atoms with E-state index in [1.807, 2.05) is 29.2 Å². The number of piperidine rings is 1. The molecule has 2 aliphatic rings. The summed E-state index contributed by atoms with van der Waals surface area (Å²) in [6, 6.07) is 7.70. The fourth-order valence-electron chi connectivity index (χ4n) is 3.33. The monoisotopic (exact) mass is 337 g/mol. The van der Waals surface area contributed by atoms with E-state index in [-0.39, 0.29) is 36.2 Å². The summed E-state index contributed by atoms with van der Waals surface area (Å²) >= 11 is 0. The highest BCUT2D eigenvalue weighted by Crippen LogP contribution is 2.27. The van der Waals surface area contributed by atoms with Crippen molar-refractivity contribution in [2.45, 2.75) is 44.6 Å². The molecule has 2 atom stereocenters. The summed E-state index contributed by atoms with van der Waals surface area (Å²) in [4.78, 5) is 26.1. The number of anilines is 2. The summed E-state index contributed by atoms with van der Waals surface area (Å²) in [5.74, 6) is 0.210. The lowest BCUT2D eigenvalue weighted by molar-refractivity contribution is -0.120. The Morgan fingerprint density at radius 2 is 2.09 bits per heavy atom. The van der Waals surface area contributed by atoms with Gasteiger partial charge in [-0.05, 0) is 50.3 Å². The van der Waals surface area contributed by atoms with Crippen LogP contribution in [-0.2, 0) is 9.59 Å². The SMILES string of the molecule is Cl.NC1CCC(C(=O)Nc2cccc(N3CCCCC3=O)c2)C1. The molecule has 3 N–H and O–H groups in total. The number of nitrogens with zero attached hydrogens (tertiary/aromatic N) is 1. The summed E-state index contributed by atoms with van der Waals surface area (Å²) in [5, 5.41) is 2.97. The van der Waals surface area contributed by atoms with Crippen LogP contribution in [0.15, 0.2) is 24.3 Å². The Morgan fingerprint density at radius 1 is 1.26 bits per heavy atom. The van der Waals surface area contributed by atoms with Crippen molar-refractivity contribution < 1.29 is 9.59 Å². The molecule has 3 rings (SSSR count). The van der Waals surface area contributed by atoms with E-state index in [1.54, 1.807) is 0 Å². The molecule has 2 unspecified atom stereocenters. The van der Waals surface area contributed by atoms with E-state index in [0.29, 0.717) is 6.42 Å². The van der Waals surface area contributed by atoms with Crippen LogP contribution in [0.2, 0.25) is 0 Å². The summed E-state index contributed by atoms with van der Waals surface area (Å²) in [5.41, 5.74) is 7.49.